The maximum atomic E-state index is 11.3. The van der Waals surface area contributed by atoms with Crippen LogP contribution in [0.4, 0.5) is 0 Å². The molecule has 0 saturated carbocycles. The number of nitrogens with two attached hydrogens (primary N) is 1. The number of carbonyl (C=O) groups is 1. The molecule has 0 unspecified atom stereocenters. The predicted octanol–water partition coefficient (Wildman–Crippen LogP) is 2.56. The van der Waals surface area contributed by atoms with Crippen LogP contribution in [0.25, 0.3) is 17.2 Å². The van der Waals surface area contributed by atoms with E-state index >= 15 is 0 Å². The van der Waals surface area contributed by atoms with Crippen LogP contribution in [0.2, 0.25) is 0 Å². The van der Waals surface area contributed by atoms with Crippen LogP contribution >= 0.6 is 0 Å². The van der Waals surface area contributed by atoms with Crippen molar-refractivity contribution in [2.45, 2.75) is 45.4 Å². The Labute approximate surface area is 151 Å². The summed E-state index contributed by atoms with van der Waals surface area (Å²) < 4.78 is 7.13. The van der Waals surface area contributed by atoms with Gasteiger partial charge < -0.3 is 10.3 Å². The van der Waals surface area contributed by atoms with Gasteiger partial charge in [-0.3, -0.25) is 4.79 Å². The van der Waals surface area contributed by atoms with E-state index in [1.165, 1.54) is 17.5 Å². The number of hydrogen-bond acceptors (Lipinski definition) is 5. The van der Waals surface area contributed by atoms with E-state index in [1.54, 1.807) is 4.68 Å². The Balaban J connectivity index is 1.81. The topological polar surface area (TPSA) is 99.8 Å². The van der Waals surface area contributed by atoms with Gasteiger partial charge in [0.1, 0.15) is 5.76 Å². The zero-order valence-corrected chi connectivity index (χ0v) is 14.9. The third kappa shape index (κ3) is 3.00. The van der Waals surface area contributed by atoms with Crippen LogP contribution in [0.15, 0.2) is 28.8 Å². The second-order valence-electron chi connectivity index (χ2n) is 6.98. The number of amides is 1. The number of hydrogen-bond donors (Lipinski definition) is 1. The molecule has 0 fully saturated rings. The summed E-state index contributed by atoms with van der Waals surface area (Å²) in [6.07, 6.45) is 3.35. The van der Waals surface area contributed by atoms with Crippen molar-refractivity contribution >= 4 is 5.91 Å². The Kier molecular flexibility index (Phi) is 4.06. The van der Waals surface area contributed by atoms with E-state index in [9.17, 15) is 4.79 Å². The van der Waals surface area contributed by atoms with Crippen molar-refractivity contribution in [3.05, 3.63) is 47.0 Å². The van der Waals surface area contributed by atoms with Crippen molar-refractivity contribution in [2.24, 2.45) is 5.73 Å². The van der Waals surface area contributed by atoms with E-state index in [0.717, 1.165) is 24.3 Å². The van der Waals surface area contributed by atoms with Crippen LogP contribution in [0.3, 0.4) is 0 Å². The minimum Gasteiger partial charge on any atom is -0.369 e. The molecule has 134 valence electrons. The smallest absolute Gasteiger partial charge is 0.225 e. The van der Waals surface area contributed by atoms with Crippen LogP contribution in [0, 0.1) is 0 Å². The van der Waals surface area contributed by atoms with Crippen LogP contribution in [-0.2, 0) is 24.1 Å². The molecule has 3 aromatic rings. The first-order chi connectivity index (χ1) is 12.5. The van der Waals surface area contributed by atoms with Gasteiger partial charge in [-0.15, -0.1) is 0 Å². The van der Waals surface area contributed by atoms with Crippen LogP contribution in [0.1, 0.15) is 48.9 Å². The number of rotatable bonds is 5. The molecule has 2 heterocycles. The monoisotopic (exact) mass is 351 g/mol. The van der Waals surface area contributed by atoms with Crippen molar-refractivity contribution in [3.8, 4) is 17.2 Å². The maximum Gasteiger partial charge on any atom is 0.225 e. The standard InChI is InChI=1S/C19H21N5O2/c1-11(2)16-9-15(23-26-16)19-21-18(10-17(20)25)22-24(19)14-7-6-12-4-3-5-13(12)8-14/h6-9,11H,3-5,10H2,1-2H3,(H2,20,25). The van der Waals surface area contributed by atoms with Gasteiger partial charge in [-0.2, -0.15) is 5.10 Å². The highest BCUT2D eigenvalue weighted by molar-refractivity contribution is 5.75. The summed E-state index contributed by atoms with van der Waals surface area (Å²) in [6.45, 7) is 4.07. The number of benzene rings is 1. The van der Waals surface area contributed by atoms with Gasteiger partial charge in [-0.05, 0) is 42.5 Å². The third-order valence-corrected chi connectivity index (χ3v) is 4.64. The lowest BCUT2D eigenvalue weighted by Gasteiger charge is -2.06. The lowest BCUT2D eigenvalue weighted by atomic mass is 10.1. The van der Waals surface area contributed by atoms with Crippen LogP contribution in [0.5, 0.6) is 0 Å². The minimum atomic E-state index is -0.467. The summed E-state index contributed by atoms with van der Waals surface area (Å²) in [5.74, 6) is 1.46. The number of nitrogens with zero attached hydrogens (tertiary/aromatic N) is 4. The molecule has 0 saturated heterocycles. The van der Waals surface area contributed by atoms with Gasteiger partial charge in [0.25, 0.3) is 0 Å². The molecule has 0 atom stereocenters. The van der Waals surface area contributed by atoms with E-state index in [0.29, 0.717) is 17.3 Å². The van der Waals surface area contributed by atoms with Gasteiger partial charge in [0.05, 0.1) is 12.1 Å². The van der Waals surface area contributed by atoms with E-state index < -0.39 is 5.91 Å². The lowest BCUT2D eigenvalue weighted by Crippen LogP contribution is -2.14. The van der Waals surface area contributed by atoms with Gasteiger partial charge >= 0.3 is 0 Å². The van der Waals surface area contributed by atoms with Crippen molar-refractivity contribution in [1.29, 1.82) is 0 Å². The first-order valence-corrected chi connectivity index (χ1v) is 8.84. The summed E-state index contributed by atoms with van der Waals surface area (Å²) in [5, 5.41) is 8.64. The van der Waals surface area contributed by atoms with Crippen LogP contribution in [-0.4, -0.2) is 25.8 Å². The molecule has 7 nitrogen and oxygen atoms in total. The summed E-state index contributed by atoms with van der Waals surface area (Å²) >= 11 is 0. The molecule has 1 aliphatic rings. The summed E-state index contributed by atoms with van der Waals surface area (Å²) in [6, 6.07) is 8.17. The molecule has 26 heavy (non-hydrogen) atoms. The fraction of sp³-hybridized carbons (Fsp3) is 0.368. The molecule has 2 aromatic heterocycles. The quantitative estimate of drug-likeness (QED) is 0.761. The molecule has 0 bridgehead atoms. The zero-order valence-electron chi connectivity index (χ0n) is 14.9. The van der Waals surface area contributed by atoms with E-state index in [4.69, 9.17) is 10.3 Å². The van der Waals surface area contributed by atoms with Crippen molar-refractivity contribution in [3.63, 3.8) is 0 Å². The van der Waals surface area contributed by atoms with E-state index in [-0.39, 0.29) is 12.3 Å². The van der Waals surface area contributed by atoms with E-state index in [2.05, 4.69) is 27.4 Å². The van der Waals surface area contributed by atoms with Crippen LogP contribution < -0.4 is 5.73 Å². The van der Waals surface area contributed by atoms with Gasteiger partial charge in [-0.1, -0.05) is 25.1 Å². The van der Waals surface area contributed by atoms with Gasteiger partial charge in [0, 0.05) is 12.0 Å². The molecular weight excluding hydrogens is 330 g/mol. The fourth-order valence-electron chi connectivity index (χ4n) is 3.29. The summed E-state index contributed by atoms with van der Waals surface area (Å²) in [4.78, 5) is 15.8. The molecule has 2 N–H and O–H groups in total. The highest BCUT2D eigenvalue weighted by atomic mass is 16.5. The molecule has 1 aromatic carbocycles. The van der Waals surface area contributed by atoms with Gasteiger partial charge in [0.15, 0.2) is 17.3 Å². The van der Waals surface area contributed by atoms with Gasteiger partial charge in [-0.25, -0.2) is 9.67 Å². The fourth-order valence-corrected chi connectivity index (χ4v) is 3.29. The normalized spacial score (nSPS) is 13.3. The SMILES string of the molecule is CC(C)c1cc(-c2nc(CC(N)=O)nn2-c2ccc3c(c2)CCC3)no1. The molecule has 4 rings (SSSR count). The number of aryl methyl sites for hydroxylation is 2. The first kappa shape index (κ1) is 16.5. The average molecular weight is 351 g/mol. The largest absolute Gasteiger partial charge is 0.369 e. The highest BCUT2D eigenvalue weighted by Gasteiger charge is 2.20. The Bertz CT molecular complexity index is 970. The van der Waals surface area contributed by atoms with Gasteiger partial charge in [0.2, 0.25) is 5.91 Å². The summed E-state index contributed by atoms with van der Waals surface area (Å²) in [5.41, 5.74) is 9.53. The molecule has 0 radical (unpaired) electrons. The predicted molar refractivity (Wildman–Crippen MR) is 95.9 cm³/mol. The second-order valence-corrected chi connectivity index (χ2v) is 6.98. The lowest BCUT2D eigenvalue weighted by molar-refractivity contribution is -0.117. The summed E-state index contributed by atoms with van der Waals surface area (Å²) in [7, 11) is 0. The van der Waals surface area contributed by atoms with E-state index in [1.807, 2.05) is 26.0 Å². The number of fused-ring (bicyclic) bond motifs is 1. The Morgan fingerprint density at radius 3 is 2.81 bits per heavy atom. The van der Waals surface area contributed by atoms with Crippen molar-refractivity contribution < 1.29 is 9.32 Å². The average Bonchev–Trinajstić information content (AvgIpc) is 3.32. The molecule has 0 spiro atoms. The first-order valence-electron chi connectivity index (χ1n) is 8.84. The molecule has 1 amide bonds. The van der Waals surface area contributed by atoms with Crippen molar-refractivity contribution in [2.75, 3.05) is 0 Å². The molecule has 0 aliphatic heterocycles. The third-order valence-electron chi connectivity index (χ3n) is 4.64. The highest BCUT2D eigenvalue weighted by Crippen LogP contribution is 2.28. The molecule has 7 heteroatoms. The number of carbonyl (C=O) groups excluding carboxylic acids is 1. The maximum absolute atomic E-state index is 11.3. The Morgan fingerprint density at radius 1 is 1.27 bits per heavy atom. The van der Waals surface area contributed by atoms with Crippen molar-refractivity contribution in [1.82, 2.24) is 19.9 Å². The zero-order chi connectivity index (χ0) is 18.3. The second kappa shape index (κ2) is 6.40. The molecular formula is C19H21N5O2. The Hall–Kier alpha value is -2.96. The minimum absolute atomic E-state index is 0.0141. The molecule has 1 aliphatic carbocycles. The Morgan fingerprint density at radius 2 is 2.08 bits per heavy atom. The number of aromatic nitrogens is 4. The number of primary amides is 1.